The first-order valence-electron chi connectivity index (χ1n) is 17.6. The summed E-state index contributed by atoms with van der Waals surface area (Å²) in [6, 6.07) is 10.2. The summed E-state index contributed by atoms with van der Waals surface area (Å²) in [6.45, 7) is 14.5. The van der Waals surface area contributed by atoms with E-state index in [2.05, 4.69) is 0 Å². The summed E-state index contributed by atoms with van der Waals surface area (Å²) in [5.74, 6) is -4.41. The Labute approximate surface area is 294 Å². The number of carbonyl (C=O) groups is 4. The van der Waals surface area contributed by atoms with Gasteiger partial charge in [-0.2, -0.15) is 0 Å². The van der Waals surface area contributed by atoms with Crippen molar-refractivity contribution in [1.82, 2.24) is 0 Å². The molecule has 2 saturated carbocycles. The molecule has 50 heavy (non-hydrogen) atoms. The Bertz CT molecular complexity index is 1550. The quantitative estimate of drug-likeness (QED) is 0.147. The second-order valence-corrected chi connectivity index (χ2v) is 19.9. The van der Waals surface area contributed by atoms with Crippen LogP contribution in [0, 0.1) is 16.7 Å². The molecule has 1 unspecified atom stereocenters. The van der Waals surface area contributed by atoms with Gasteiger partial charge in [-0.1, -0.05) is 52.8 Å². The summed E-state index contributed by atoms with van der Waals surface area (Å²) in [5.41, 5.74) is -7.34. The highest BCUT2D eigenvalue weighted by Gasteiger charge is 2.80. The van der Waals surface area contributed by atoms with Crippen LogP contribution in [-0.2, 0) is 37.8 Å². The highest BCUT2D eigenvalue weighted by Crippen LogP contribution is 2.65. The molecule has 276 valence electrons. The van der Waals surface area contributed by atoms with Gasteiger partial charge in [-0.15, -0.1) is 0 Å². The Morgan fingerprint density at radius 2 is 1.56 bits per heavy atom. The van der Waals surface area contributed by atoms with Crippen molar-refractivity contribution in [2.75, 3.05) is 6.61 Å². The van der Waals surface area contributed by atoms with Crippen molar-refractivity contribution in [1.29, 1.82) is 0 Å². The van der Waals surface area contributed by atoms with Gasteiger partial charge in [0.15, 0.2) is 25.8 Å². The number of carbonyl (C=O) groups excluding carboxylic acids is 4. The number of aliphatic hydroxyl groups is 3. The smallest absolute Gasteiger partial charge is 0.338 e. The van der Waals surface area contributed by atoms with Crippen molar-refractivity contribution in [3.05, 3.63) is 47.0 Å². The minimum Gasteiger partial charge on any atom is -0.455 e. The molecule has 2 bridgehead atoms. The SMILES string of the molecule is CC[Si](CC)(CC)OC1C[C@H]2OC[C@@]2(OC(C)=O)[C@H]2[C@H](OC(=O)c3ccccc3)[C@]3(O)[C@@H](O)[C@H](O)C(C)=C([C@@H](OC(C)=O)C(=O)[C@]12C)C3(C)C. The number of benzene rings is 1. The zero-order valence-electron chi connectivity index (χ0n) is 30.5. The predicted molar refractivity (Wildman–Crippen MR) is 182 cm³/mol. The van der Waals surface area contributed by atoms with Crippen molar-refractivity contribution in [3.63, 3.8) is 0 Å². The van der Waals surface area contributed by atoms with E-state index in [9.17, 15) is 29.7 Å². The minimum atomic E-state index is -2.55. The van der Waals surface area contributed by atoms with E-state index in [4.69, 9.17) is 23.4 Å². The predicted octanol–water partition coefficient (Wildman–Crippen LogP) is 3.65. The van der Waals surface area contributed by atoms with Crippen LogP contribution < -0.4 is 0 Å². The number of esters is 3. The molecule has 1 aliphatic heterocycles. The van der Waals surface area contributed by atoms with Crippen molar-refractivity contribution in [3.8, 4) is 0 Å². The molecule has 10 atom stereocenters. The summed E-state index contributed by atoms with van der Waals surface area (Å²) in [7, 11) is -2.54. The Balaban J connectivity index is 1.91. The largest absolute Gasteiger partial charge is 0.455 e. The van der Waals surface area contributed by atoms with Gasteiger partial charge in [-0.3, -0.25) is 14.4 Å². The molecule has 0 spiro atoms. The average Bonchev–Trinajstić information content (AvgIpc) is 3.07. The van der Waals surface area contributed by atoms with Gasteiger partial charge in [-0.05, 0) is 55.3 Å². The zero-order chi connectivity index (χ0) is 37.2. The Hall–Kier alpha value is -2.94. The van der Waals surface area contributed by atoms with Crippen LogP contribution in [0.2, 0.25) is 18.1 Å². The van der Waals surface area contributed by atoms with Crippen molar-refractivity contribution >= 4 is 32.0 Å². The van der Waals surface area contributed by atoms with E-state index in [1.165, 1.54) is 26.0 Å². The van der Waals surface area contributed by atoms with Crippen molar-refractivity contribution in [2.45, 2.75) is 135 Å². The Morgan fingerprint density at radius 1 is 0.960 bits per heavy atom. The van der Waals surface area contributed by atoms with Crippen LogP contribution in [0.1, 0.15) is 79.1 Å². The first kappa shape index (κ1) is 38.3. The molecular formula is C37H52O12Si. The second-order valence-electron chi connectivity index (χ2n) is 15.2. The van der Waals surface area contributed by atoms with E-state index in [-0.39, 0.29) is 29.7 Å². The summed E-state index contributed by atoms with van der Waals surface area (Å²) in [4.78, 5) is 55.6. The number of hydrogen-bond donors (Lipinski definition) is 3. The average molecular weight is 717 g/mol. The third kappa shape index (κ3) is 5.42. The molecular weight excluding hydrogens is 664 g/mol. The third-order valence-corrected chi connectivity index (χ3v) is 17.2. The van der Waals surface area contributed by atoms with Gasteiger partial charge < -0.3 is 38.7 Å². The van der Waals surface area contributed by atoms with Crippen LogP contribution in [0.4, 0.5) is 0 Å². The fourth-order valence-electron chi connectivity index (χ4n) is 9.49. The molecule has 1 heterocycles. The van der Waals surface area contributed by atoms with Gasteiger partial charge in [0.25, 0.3) is 0 Å². The molecule has 4 aliphatic rings. The molecule has 0 aromatic heterocycles. The summed E-state index contributed by atoms with van der Waals surface area (Å²) >= 11 is 0. The Kier molecular flexibility index (Phi) is 10.1. The first-order chi connectivity index (χ1) is 23.3. The molecule has 3 N–H and O–H groups in total. The van der Waals surface area contributed by atoms with E-state index in [1.54, 1.807) is 39.0 Å². The Morgan fingerprint density at radius 3 is 2.06 bits per heavy atom. The lowest BCUT2D eigenvalue weighted by molar-refractivity contribution is -0.351. The van der Waals surface area contributed by atoms with E-state index in [0.717, 1.165) is 25.1 Å². The van der Waals surface area contributed by atoms with E-state index < -0.39 is 96.6 Å². The molecule has 1 saturated heterocycles. The van der Waals surface area contributed by atoms with Crippen LogP contribution in [0.3, 0.4) is 0 Å². The standard InChI is InChI=1S/C37H52O12Si/c1-10-50(11-2,12-3)49-24-18-25-36(19-45-25,48-22(6)39)29-32(47-33(43)23-16-14-13-15-17-23)37(44)30(41)27(40)20(4)26(34(37,7)8)28(46-21(5)38)31(42)35(24,29)9/h13-17,24-25,27-30,32,40-41,44H,10-12,18-19H2,1-9H3/t24?,25-,27-,28-,29+,30+,32+,35-,36+,37-/m1/s1. The lowest BCUT2D eigenvalue weighted by Gasteiger charge is -2.68. The highest BCUT2D eigenvalue weighted by molar-refractivity contribution is 6.73. The van der Waals surface area contributed by atoms with Gasteiger partial charge in [0, 0.05) is 25.7 Å². The van der Waals surface area contributed by atoms with Crippen LogP contribution >= 0.6 is 0 Å². The number of hydrogen-bond acceptors (Lipinski definition) is 12. The van der Waals surface area contributed by atoms with Gasteiger partial charge in [0.1, 0.15) is 30.0 Å². The number of ether oxygens (including phenoxy) is 4. The van der Waals surface area contributed by atoms with E-state index in [1.807, 2.05) is 20.8 Å². The van der Waals surface area contributed by atoms with Gasteiger partial charge in [0.2, 0.25) is 0 Å². The lowest BCUT2D eigenvalue weighted by Crippen LogP contribution is -2.84. The van der Waals surface area contributed by atoms with E-state index >= 15 is 4.79 Å². The summed E-state index contributed by atoms with van der Waals surface area (Å²) < 4.78 is 31.6. The highest BCUT2D eigenvalue weighted by atomic mass is 28.4. The van der Waals surface area contributed by atoms with Crippen molar-refractivity contribution < 1.29 is 57.9 Å². The van der Waals surface area contributed by atoms with Gasteiger partial charge >= 0.3 is 17.9 Å². The molecule has 13 heteroatoms. The maximum atomic E-state index is 15.7. The zero-order valence-corrected chi connectivity index (χ0v) is 31.5. The van der Waals surface area contributed by atoms with Crippen LogP contribution in [0.15, 0.2) is 41.5 Å². The lowest BCUT2D eigenvalue weighted by atomic mass is 9.44. The van der Waals surface area contributed by atoms with Crippen LogP contribution in [0.5, 0.6) is 0 Å². The van der Waals surface area contributed by atoms with Crippen molar-refractivity contribution in [2.24, 2.45) is 16.7 Å². The fourth-order valence-corrected chi connectivity index (χ4v) is 12.4. The van der Waals surface area contributed by atoms with Gasteiger partial charge in [0.05, 0.1) is 29.6 Å². The normalized spacial score (nSPS) is 37.7. The molecule has 5 rings (SSSR count). The molecule has 0 radical (unpaired) electrons. The molecule has 0 amide bonds. The molecule has 1 aromatic rings. The topological polar surface area (TPSA) is 175 Å². The first-order valence-corrected chi connectivity index (χ1v) is 20.1. The number of fused-ring (bicyclic) bond motifs is 5. The van der Waals surface area contributed by atoms with E-state index in [0.29, 0.717) is 0 Å². The summed E-state index contributed by atoms with van der Waals surface area (Å²) in [5, 5.41) is 36.9. The second kappa shape index (κ2) is 13.2. The summed E-state index contributed by atoms with van der Waals surface area (Å²) in [6.07, 6.45) is -8.86. The van der Waals surface area contributed by atoms with Gasteiger partial charge in [-0.25, -0.2) is 4.79 Å². The number of Topliss-reactive ketones (excluding diaryl/α,β-unsaturated/α-hetero) is 1. The molecule has 3 aliphatic carbocycles. The number of aliphatic hydroxyl groups excluding tert-OH is 2. The third-order valence-electron chi connectivity index (χ3n) is 12.6. The number of ketones is 1. The minimum absolute atomic E-state index is 0.0793. The van der Waals surface area contributed by atoms with Crippen LogP contribution in [-0.4, -0.2) is 102 Å². The molecule has 12 nitrogen and oxygen atoms in total. The number of rotatable bonds is 9. The fraction of sp³-hybridized carbons (Fsp3) is 0.676. The monoisotopic (exact) mass is 716 g/mol. The maximum absolute atomic E-state index is 15.7. The molecule has 1 aromatic carbocycles. The van der Waals surface area contributed by atoms with Crippen LogP contribution in [0.25, 0.3) is 0 Å². The maximum Gasteiger partial charge on any atom is 0.338 e. The molecule has 3 fully saturated rings.